The molecule has 4 N–H and O–H groups in total. The van der Waals surface area contributed by atoms with Crippen LogP contribution in [0.2, 0.25) is 0 Å². The topological polar surface area (TPSA) is 152 Å². The van der Waals surface area contributed by atoms with E-state index in [0.717, 1.165) is 0 Å². The third-order valence-corrected chi connectivity index (χ3v) is 2.94. The maximum atomic E-state index is 11.9. The van der Waals surface area contributed by atoms with Gasteiger partial charge in [0.25, 0.3) is 12.5 Å². The zero-order valence-corrected chi connectivity index (χ0v) is 12.5. The van der Waals surface area contributed by atoms with Gasteiger partial charge in [-0.1, -0.05) is 4.68 Å². The number of primary amides is 1. The number of amides is 2. The largest absolute Gasteiger partial charge is 0.480 e. The fourth-order valence-electron chi connectivity index (χ4n) is 1.85. The average Bonchev–Trinajstić information content (AvgIpc) is 2.55. The molecule has 0 aliphatic carbocycles. The van der Waals surface area contributed by atoms with Crippen molar-refractivity contribution in [3.63, 3.8) is 0 Å². The summed E-state index contributed by atoms with van der Waals surface area (Å²) in [6, 6.07) is 2.00. The molecule has 2 aromatic rings. The SMILES string of the molecule is NC(=O)CC(NC(=O)C[n+]1ccc(-c2ncccn2)cn1)C(=O)O. The number of rotatable bonds is 7. The minimum atomic E-state index is -1.37. The highest BCUT2D eigenvalue weighted by molar-refractivity contribution is 5.87. The minimum Gasteiger partial charge on any atom is -0.480 e. The Morgan fingerprint density at radius 2 is 2.00 bits per heavy atom. The molecule has 10 nitrogen and oxygen atoms in total. The van der Waals surface area contributed by atoms with Crippen molar-refractivity contribution in [1.82, 2.24) is 20.4 Å². The lowest BCUT2D eigenvalue weighted by Crippen LogP contribution is -2.50. The molecular formula is C14H15N6O4+. The molecule has 0 bridgehead atoms. The minimum absolute atomic E-state index is 0.210. The van der Waals surface area contributed by atoms with E-state index in [1.807, 2.05) is 0 Å². The number of nitrogens with two attached hydrogens (primary N) is 1. The first kappa shape index (κ1) is 16.9. The van der Waals surface area contributed by atoms with Crippen LogP contribution in [-0.4, -0.2) is 44.0 Å². The van der Waals surface area contributed by atoms with Gasteiger partial charge in [0.2, 0.25) is 5.91 Å². The Labute approximate surface area is 136 Å². The summed E-state index contributed by atoms with van der Waals surface area (Å²) in [4.78, 5) is 41.8. The molecule has 0 saturated carbocycles. The molecule has 0 spiro atoms. The summed E-state index contributed by atoms with van der Waals surface area (Å²) in [5.41, 5.74) is 5.62. The first-order valence-electron chi connectivity index (χ1n) is 6.89. The Balaban J connectivity index is 1.99. The molecule has 0 fully saturated rings. The third kappa shape index (κ3) is 4.80. The predicted molar refractivity (Wildman–Crippen MR) is 78.8 cm³/mol. The highest BCUT2D eigenvalue weighted by Crippen LogP contribution is 2.09. The van der Waals surface area contributed by atoms with Crippen molar-refractivity contribution in [3.8, 4) is 11.4 Å². The van der Waals surface area contributed by atoms with Crippen LogP contribution in [-0.2, 0) is 20.9 Å². The number of nitrogens with one attached hydrogen (secondary N) is 1. The van der Waals surface area contributed by atoms with Crippen LogP contribution in [0.3, 0.4) is 0 Å². The van der Waals surface area contributed by atoms with E-state index in [4.69, 9.17) is 10.8 Å². The Morgan fingerprint density at radius 1 is 1.29 bits per heavy atom. The van der Waals surface area contributed by atoms with E-state index in [2.05, 4.69) is 20.4 Å². The second kappa shape index (κ2) is 7.72. The Morgan fingerprint density at radius 3 is 2.54 bits per heavy atom. The molecule has 0 aromatic carbocycles. The molecule has 2 aromatic heterocycles. The molecule has 2 heterocycles. The molecular weight excluding hydrogens is 316 g/mol. The van der Waals surface area contributed by atoms with Crippen LogP contribution in [0, 0.1) is 0 Å². The van der Waals surface area contributed by atoms with E-state index in [0.29, 0.717) is 11.4 Å². The second-order valence-electron chi connectivity index (χ2n) is 4.81. The summed E-state index contributed by atoms with van der Waals surface area (Å²) in [7, 11) is 0. The number of carboxylic acids is 1. The molecule has 0 radical (unpaired) electrons. The van der Waals surface area contributed by atoms with Crippen molar-refractivity contribution in [2.75, 3.05) is 0 Å². The van der Waals surface area contributed by atoms with E-state index in [9.17, 15) is 14.4 Å². The monoisotopic (exact) mass is 331 g/mol. The molecule has 124 valence electrons. The average molecular weight is 331 g/mol. The normalized spacial score (nSPS) is 11.5. The van der Waals surface area contributed by atoms with Gasteiger partial charge in [0, 0.05) is 24.0 Å². The maximum Gasteiger partial charge on any atom is 0.326 e. The van der Waals surface area contributed by atoms with Gasteiger partial charge in [-0.2, -0.15) is 0 Å². The van der Waals surface area contributed by atoms with Crippen LogP contribution in [0.5, 0.6) is 0 Å². The summed E-state index contributed by atoms with van der Waals surface area (Å²) in [6.07, 6.45) is 5.74. The standard InChI is InChI=1S/C14H14N6O4/c15-11(21)6-10(14(23)24)19-12(22)8-20-5-2-9(7-18-20)13-16-3-1-4-17-13/h1-5,7,10H,6,8H2,(H3-,15,19,21,22,23,24)/p+1. The third-order valence-electron chi connectivity index (χ3n) is 2.94. The predicted octanol–water partition coefficient (Wildman–Crippen LogP) is -1.73. The molecule has 0 aliphatic heterocycles. The zero-order valence-electron chi connectivity index (χ0n) is 12.5. The number of aromatic nitrogens is 4. The summed E-state index contributed by atoms with van der Waals surface area (Å²) in [5.74, 6) is -2.27. The van der Waals surface area contributed by atoms with Crippen LogP contribution in [0.25, 0.3) is 11.4 Å². The van der Waals surface area contributed by atoms with Crippen LogP contribution in [0.4, 0.5) is 0 Å². The van der Waals surface area contributed by atoms with Gasteiger partial charge in [0.05, 0.1) is 6.42 Å². The molecule has 0 saturated heterocycles. The van der Waals surface area contributed by atoms with E-state index >= 15 is 0 Å². The number of nitrogens with zero attached hydrogens (tertiary/aromatic N) is 4. The molecule has 10 heteroatoms. The molecule has 24 heavy (non-hydrogen) atoms. The number of aliphatic carboxylic acids is 1. The smallest absolute Gasteiger partial charge is 0.326 e. The Bertz CT molecular complexity index is 735. The first-order valence-corrected chi connectivity index (χ1v) is 6.89. The molecule has 2 amide bonds. The van der Waals surface area contributed by atoms with Crippen molar-refractivity contribution in [2.24, 2.45) is 5.73 Å². The first-order chi connectivity index (χ1) is 11.5. The number of carboxylic acid groups (broad SMARTS) is 1. The van der Waals surface area contributed by atoms with Gasteiger partial charge in [-0.05, 0) is 11.2 Å². The van der Waals surface area contributed by atoms with Crippen molar-refractivity contribution >= 4 is 17.8 Å². The van der Waals surface area contributed by atoms with Gasteiger partial charge in [0.1, 0.15) is 12.2 Å². The summed E-state index contributed by atoms with van der Waals surface area (Å²) >= 11 is 0. The van der Waals surface area contributed by atoms with Crippen molar-refractivity contribution < 1.29 is 24.2 Å². The molecule has 0 aliphatic rings. The highest BCUT2D eigenvalue weighted by atomic mass is 16.4. The fourth-order valence-corrected chi connectivity index (χ4v) is 1.85. The van der Waals surface area contributed by atoms with Crippen molar-refractivity contribution in [1.29, 1.82) is 0 Å². The molecule has 1 atom stereocenters. The lowest BCUT2D eigenvalue weighted by molar-refractivity contribution is -0.742. The van der Waals surface area contributed by atoms with Gasteiger partial charge in [-0.3, -0.25) is 9.59 Å². The van der Waals surface area contributed by atoms with Gasteiger partial charge in [0.15, 0.2) is 12.0 Å². The lowest BCUT2D eigenvalue weighted by atomic mass is 10.2. The van der Waals surface area contributed by atoms with E-state index < -0.39 is 30.2 Å². The molecule has 1 unspecified atom stereocenters. The van der Waals surface area contributed by atoms with Crippen LogP contribution < -0.4 is 15.7 Å². The zero-order chi connectivity index (χ0) is 17.5. The van der Waals surface area contributed by atoms with Crippen LogP contribution in [0.1, 0.15) is 6.42 Å². The maximum absolute atomic E-state index is 11.9. The number of hydrogen-bond acceptors (Lipinski definition) is 6. The summed E-state index contributed by atoms with van der Waals surface area (Å²) in [6.45, 7) is -0.210. The highest BCUT2D eigenvalue weighted by Gasteiger charge is 2.24. The number of hydrogen-bond donors (Lipinski definition) is 3. The number of carbonyl (C=O) groups is 3. The van der Waals surface area contributed by atoms with Gasteiger partial charge >= 0.3 is 5.97 Å². The summed E-state index contributed by atoms with van der Waals surface area (Å²) in [5, 5.41) is 15.2. The quantitative estimate of drug-likeness (QED) is 0.510. The van der Waals surface area contributed by atoms with E-state index in [1.54, 1.807) is 24.5 Å². The van der Waals surface area contributed by atoms with Crippen LogP contribution in [0.15, 0.2) is 36.9 Å². The van der Waals surface area contributed by atoms with E-state index in [1.165, 1.54) is 17.1 Å². The Hall–Kier alpha value is -3.43. The van der Waals surface area contributed by atoms with Gasteiger partial charge in [-0.25, -0.2) is 14.8 Å². The van der Waals surface area contributed by atoms with Crippen molar-refractivity contribution in [3.05, 3.63) is 36.9 Å². The van der Waals surface area contributed by atoms with Gasteiger partial charge in [-0.15, -0.1) is 0 Å². The van der Waals surface area contributed by atoms with E-state index in [-0.39, 0.29) is 6.54 Å². The fraction of sp³-hybridized carbons (Fsp3) is 0.214. The Kier molecular flexibility index (Phi) is 5.45. The molecule has 2 rings (SSSR count). The van der Waals surface area contributed by atoms with Crippen LogP contribution >= 0.6 is 0 Å². The summed E-state index contributed by atoms with van der Waals surface area (Å²) < 4.78 is 1.31. The van der Waals surface area contributed by atoms with Gasteiger partial charge < -0.3 is 16.2 Å². The van der Waals surface area contributed by atoms with Crippen molar-refractivity contribution in [2.45, 2.75) is 19.0 Å². The second-order valence-corrected chi connectivity index (χ2v) is 4.81. The number of carbonyl (C=O) groups excluding carboxylic acids is 2. The lowest BCUT2D eigenvalue weighted by Gasteiger charge is -2.10.